The van der Waals surface area contributed by atoms with Crippen LogP contribution in [0.4, 0.5) is 5.69 Å². The summed E-state index contributed by atoms with van der Waals surface area (Å²) in [5.41, 5.74) is 12.8. The number of benzene rings is 2. The molecule has 1 aliphatic rings. The van der Waals surface area contributed by atoms with Crippen LogP contribution in [0, 0.1) is 0 Å². The Morgan fingerprint density at radius 1 is 1.21 bits per heavy atom. The molecular formula is C25H28N6OS. The van der Waals surface area contributed by atoms with Gasteiger partial charge in [0.2, 0.25) is 0 Å². The molecule has 0 aliphatic heterocycles. The normalized spacial score (nSPS) is 15.5. The number of fused-ring (bicyclic) bond motifs is 1. The lowest BCUT2D eigenvalue weighted by atomic mass is 9.85. The first-order valence-electron chi connectivity index (χ1n) is 11.3. The van der Waals surface area contributed by atoms with Crippen molar-refractivity contribution in [2.45, 2.75) is 51.8 Å². The molecule has 4 aromatic rings. The number of hydrogen-bond donors (Lipinski definition) is 3. The van der Waals surface area contributed by atoms with Crippen LogP contribution < -0.4 is 15.8 Å². The Labute approximate surface area is 197 Å². The van der Waals surface area contributed by atoms with Crippen LogP contribution in [-0.2, 0) is 13.0 Å². The number of nitrogens with two attached hydrogens (primary N) is 1. The molecule has 2 aromatic heterocycles. The van der Waals surface area contributed by atoms with Gasteiger partial charge in [-0.15, -0.1) is 10.2 Å². The number of hydrogen-bond acceptors (Lipinski definition) is 7. The highest BCUT2D eigenvalue weighted by Crippen LogP contribution is 2.39. The van der Waals surface area contributed by atoms with E-state index in [0.29, 0.717) is 17.5 Å². The van der Waals surface area contributed by atoms with E-state index in [0.717, 1.165) is 47.1 Å². The highest BCUT2D eigenvalue weighted by Gasteiger charge is 2.24. The lowest BCUT2D eigenvalue weighted by molar-refractivity contribution is 0.244. The van der Waals surface area contributed by atoms with E-state index in [4.69, 9.17) is 10.5 Å². The van der Waals surface area contributed by atoms with Crippen molar-refractivity contribution < 1.29 is 4.74 Å². The first-order chi connectivity index (χ1) is 16.1. The average molecular weight is 461 g/mol. The molecular weight excluding hydrogens is 432 g/mol. The number of anilines is 1. The smallest absolute Gasteiger partial charge is 0.148 e. The van der Waals surface area contributed by atoms with Gasteiger partial charge in [0.15, 0.2) is 0 Å². The van der Waals surface area contributed by atoms with Crippen LogP contribution in [0.2, 0.25) is 0 Å². The fourth-order valence-corrected chi connectivity index (χ4v) is 5.26. The van der Waals surface area contributed by atoms with Crippen molar-refractivity contribution in [1.82, 2.24) is 25.5 Å². The fraction of sp³-hybridized carbons (Fsp3) is 0.320. The van der Waals surface area contributed by atoms with Crippen LogP contribution in [0.25, 0.3) is 21.1 Å². The molecule has 0 bridgehead atoms. The molecule has 0 saturated heterocycles. The number of nitrogens with one attached hydrogen (secondary N) is 2. The minimum Gasteiger partial charge on any atom is -0.489 e. The molecule has 5 rings (SSSR count). The quantitative estimate of drug-likeness (QED) is 0.330. The van der Waals surface area contributed by atoms with Gasteiger partial charge < -0.3 is 20.8 Å². The number of nitrogens with zero attached hydrogens (tertiary/aromatic N) is 3. The van der Waals surface area contributed by atoms with Crippen molar-refractivity contribution in [2.24, 2.45) is 0 Å². The molecule has 170 valence electrons. The second-order valence-electron chi connectivity index (χ2n) is 8.61. The van der Waals surface area contributed by atoms with Gasteiger partial charge in [0.05, 0.1) is 18.1 Å². The molecule has 1 aliphatic carbocycles. The number of nitrogen functional groups attached to an aromatic ring is 1. The summed E-state index contributed by atoms with van der Waals surface area (Å²) in [4.78, 5) is 7.28. The van der Waals surface area contributed by atoms with Crippen molar-refractivity contribution in [3.05, 3.63) is 65.7 Å². The van der Waals surface area contributed by atoms with Crippen LogP contribution in [0.5, 0.6) is 5.75 Å². The molecule has 2 aromatic carbocycles. The van der Waals surface area contributed by atoms with Crippen LogP contribution in [0.1, 0.15) is 49.6 Å². The van der Waals surface area contributed by atoms with E-state index in [9.17, 15) is 0 Å². The number of imidazole rings is 1. The molecule has 4 N–H and O–H groups in total. The van der Waals surface area contributed by atoms with Gasteiger partial charge in [-0.1, -0.05) is 29.5 Å². The van der Waals surface area contributed by atoms with Gasteiger partial charge in [-0.2, -0.15) is 0 Å². The van der Waals surface area contributed by atoms with Crippen LogP contribution in [0.3, 0.4) is 0 Å². The monoisotopic (exact) mass is 460 g/mol. The highest BCUT2D eigenvalue weighted by atomic mass is 32.1. The van der Waals surface area contributed by atoms with Crippen molar-refractivity contribution in [3.8, 4) is 26.9 Å². The summed E-state index contributed by atoms with van der Waals surface area (Å²) >= 11 is 1.60. The van der Waals surface area contributed by atoms with E-state index in [1.807, 2.05) is 38.2 Å². The second kappa shape index (κ2) is 9.33. The lowest BCUT2D eigenvalue weighted by Gasteiger charge is -2.27. The summed E-state index contributed by atoms with van der Waals surface area (Å²) < 4.78 is 5.76. The number of rotatable bonds is 7. The number of H-pyrrole nitrogens is 1. The van der Waals surface area contributed by atoms with E-state index < -0.39 is 0 Å². The summed E-state index contributed by atoms with van der Waals surface area (Å²) in [5, 5.41) is 14.5. The van der Waals surface area contributed by atoms with Crippen molar-refractivity contribution in [2.75, 3.05) is 5.73 Å². The summed E-state index contributed by atoms with van der Waals surface area (Å²) in [7, 11) is 0. The lowest BCUT2D eigenvalue weighted by Crippen LogP contribution is -2.25. The largest absolute Gasteiger partial charge is 0.489 e. The van der Waals surface area contributed by atoms with Crippen LogP contribution in [0.15, 0.2) is 48.9 Å². The van der Waals surface area contributed by atoms with Gasteiger partial charge >= 0.3 is 0 Å². The SMILES string of the molecule is CC(C)Oc1ccc(-c2nnc(-c3cccc4c3CCC[C@H]4NCc3cnc[nH]3)s2)cc1N. The maximum Gasteiger partial charge on any atom is 0.148 e. The molecule has 0 unspecified atom stereocenters. The predicted molar refractivity (Wildman–Crippen MR) is 132 cm³/mol. The first-order valence-corrected chi connectivity index (χ1v) is 12.1. The van der Waals surface area contributed by atoms with Gasteiger partial charge in [-0.05, 0) is 62.4 Å². The highest BCUT2D eigenvalue weighted by molar-refractivity contribution is 7.17. The Morgan fingerprint density at radius 3 is 2.88 bits per heavy atom. The zero-order valence-corrected chi connectivity index (χ0v) is 19.7. The van der Waals surface area contributed by atoms with Gasteiger partial charge in [0.25, 0.3) is 0 Å². The minimum atomic E-state index is 0.0772. The van der Waals surface area contributed by atoms with Gasteiger partial charge in [-0.3, -0.25) is 0 Å². The van der Waals surface area contributed by atoms with E-state index in [1.165, 1.54) is 16.7 Å². The van der Waals surface area contributed by atoms with E-state index in [-0.39, 0.29) is 6.10 Å². The maximum absolute atomic E-state index is 6.21. The number of ether oxygens (including phenoxy) is 1. The predicted octanol–water partition coefficient (Wildman–Crippen LogP) is 5.13. The molecule has 0 fully saturated rings. The fourth-order valence-electron chi connectivity index (χ4n) is 4.37. The summed E-state index contributed by atoms with van der Waals surface area (Å²) in [6.45, 7) is 4.75. The number of aromatic amines is 1. The molecule has 2 heterocycles. The molecule has 0 amide bonds. The third-order valence-electron chi connectivity index (χ3n) is 5.88. The van der Waals surface area contributed by atoms with Crippen molar-refractivity contribution >= 4 is 17.0 Å². The third-order valence-corrected chi connectivity index (χ3v) is 6.88. The van der Waals surface area contributed by atoms with Gasteiger partial charge in [-0.25, -0.2) is 4.98 Å². The van der Waals surface area contributed by atoms with E-state index in [1.54, 1.807) is 17.7 Å². The Balaban J connectivity index is 1.40. The third kappa shape index (κ3) is 4.62. The molecule has 0 spiro atoms. The molecule has 7 nitrogen and oxygen atoms in total. The zero-order valence-electron chi connectivity index (χ0n) is 18.8. The Morgan fingerprint density at radius 2 is 2.09 bits per heavy atom. The Hall–Kier alpha value is -3.23. The topological polar surface area (TPSA) is 102 Å². The summed E-state index contributed by atoms with van der Waals surface area (Å²) in [5.74, 6) is 0.698. The number of aromatic nitrogens is 4. The molecule has 33 heavy (non-hydrogen) atoms. The molecule has 0 radical (unpaired) electrons. The van der Waals surface area contributed by atoms with Crippen LogP contribution in [-0.4, -0.2) is 26.3 Å². The average Bonchev–Trinajstić information content (AvgIpc) is 3.51. The van der Waals surface area contributed by atoms with Crippen molar-refractivity contribution in [1.29, 1.82) is 0 Å². The molecule has 0 saturated carbocycles. The van der Waals surface area contributed by atoms with Gasteiger partial charge in [0, 0.05) is 35.6 Å². The molecule has 8 heteroatoms. The Bertz CT molecular complexity index is 1230. The maximum atomic E-state index is 6.21. The van der Waals surface area contributed by atoms with Crippen molar-refractivity contribution in [3.63, 3.8) is 0 Å². The summed E-state index contributed by atoms with van der Waals surface area (Å²) in [6, 6.07) is 12.7. The van der Waals surface area contributed by atoms with Gasteiger partial charge in [0.1, 0.15) is 15.8 Å². The van der Waals surface area contributed by atoms with E-state index >= 15 is 0 Å². The zero-order chi connectivity index (χ0) is 22.8. The van der Waals surface area contributed by atoms with Crippen LogP contribution >= 0.6 is 11.3 Å². The summed E-state index contributed by atoms with van der Waals surface area (Å²) in [6.07, 6.45) is 6.98. The van der Waals surface area contributed by atoms with E-state index in [2.05, 4.69) is 43.7 Å². The second-order valence-corrected chi connectivity index (χ2v) is 9.59. The Kier molecular flexibility index (Phi) is 6.11. The minimum absolute atomic E-state index is 0.0772. The molecule has 1 atom stereocenters. The first kappa shape index (κ1) is 21.6. The standard InChI is InChI=1S/C25H28N6OS/c1-15(2)32-23-10-9-16(11-21(23)26)24-30-31-25(33-24)20-7-3-6-19-18(20)5-4-8-22(19)28-13-17-12-27-14-29-17/h3,6-7,9-12,14-15,22,28H,4-5,8,13,26H2,1-2H3,(H,27,29)/t22-/m1/s1.